The van der Waals surface area contributed by atoms with Gasteiger partial charge in [0.1, 0.15) is 0 Å². The van der Waals surface area contributed by atoms with Crippen LogP contribution < -0.4 is 0 Å². The number of hydrogen-bond acceptors (Lipinski definition) is 3. The van der Waals surface area contributed by atoms with Crippen molar-refractivity contribution in [1.29, 1.82) is 0 Å². The molecule has 0 aromatic rings. The first-order valence-corrected chi connectivity index (χ1v) is 3.87. The third-order valence-corrected chi connectivity index (χ3v) is 1.90. The van der Waals surface area contributed by atoms with E-state index in [1.807, 2.05) is 0 Å². The van der Waals surface area contributed by atoms with Gasteiger partial charge < -0.3 is 15.1 Å². The molecule has 0 aromatic heterocycles. The summed E-state index contributed by atoms with van der Waals surface area (Å²) >= 11 is 0. The van der Waals surface area contributed by atoms with Gasteiger partial charge >= 0.3 is 0 Å². The quantitative estimate of drug-likeness (QED) is 0.540. The van der Waals surface area contributed by atoms with Crippen molar-refractivity contribution in [3.8, 4) is 0 Å². The second-order valence-corrected chi connectivity index (χ2v) is 2.82. The van der Waals surface area contributed by atoms with Crippen molar-refractivity contribution in [3.63, 3.8) is 0 Å². The van der Waals surface area contributed by atoms with Gasteiger partial charge in [0.2, 0.25) is 0 Å². The molecule has 0 radical (unpaired) electrons. The van der Waals surface area contributed by atoms with Gasteiger partial charge in [-0.05, 0) is 25.9 Å². The van der Waals surface area contributed by atoms with Crippen molar-refractivity contribution in [2.24, 2.45) is 0 Å². The number of nitrogens with zero attached hydrogens (tertiary/aromatic N) is 1. The van der Waals surface area contributed by atoms with Crippen LogP contribution in [-0.2, 0) is 0 Å². The molecule has 0 bridgehead atoms. The van der Waals surface area contributed by atoms with Crippen molar-refractivity contribution >= 4 is 0 Å². The van der Waals surface area contributed by atoms with E-state index in [1.54, 1.807) is 0 Å². The molecule has 1 aliphatic heterocycles. The second-order valence-electron chi connectivity index (χ2n) is 2.82. The lowest BCUT2D eigenvalue weighted by Gasteiger charge is -2.14. The molecule has 0 saturated carbocycles. The fourth-order valence-electron chi connectivity index (χ4n) is 1.30. The Bertz CT molecular complexity index is 89.6. The summed E-state index contributed by atoms with van der Waals surface area (Å²) in [5, 5.41) is 17.1. The molecule has 3 heteroatoms. The Morgan fingerprint density at radius 1 is 1.20 bits per heavy atom. The van der Waals surface area contributed by atoms with Gasteiger partial charge in [0.05, 0.1) is 0 Å². The van der Waals surface area contributed by atoms with Gasteiger partial charge in [0, 0.05) is 13.0 Å². The van der Waals surface area contributed by atoms with Crippen molar-refractivity contribution in [3.05, 3.63) is 0 Å². The van der Waals surface area contributed by atoms with Gasteiger partial charge in [-0.2, -0.15) is 0 Å². The van der Waals surface area contributed by atoms with E-state index in [4.69, 9.17) is 10.2 Å². The summed E-state index contributed by atoms with van der Waals surface area (Å²) in [6.07, 6.45) is 1.89. The summed E-state index contributed by atoms with van der Waals surface area (Å²) in [5.41, 5.74) is 0. The molecule has 0 aliphatic carbocycles. The molecular weight excluding hydrogens is 130 g/mol. The highest BCUT2D eigenvalue weighted by Gasteiger charge is 2.11. The molecule has 1 saturated heterocycles. The van der Waals surface area contributed by atoms with Crippen molar-refractivity contribution in [1.82, 2.24) is 4.90 Å². The van der Waals surface area contributed by atoms with Crippen LogP contribution in [0.15, 0.2) is 0 Å². The average Bonchev–Trinajstić information content (AvgIpc) is 2.34. The fraction of sp³-hybridized carbons (Fsp3) is 1.00. The molecule has 2 N–H and O–H groups in total. The normalized spacial score (nSPS) is 20.7. The number of aliphatic hydroxyl groups excluding tert-OH is 1. The van der Waals surface area contributed by atoms with Gasteiger partial charge in [-0.1, -0.05) is 0 Å². The molecule has 0 unspecified atom stereocenters. The highest BCUT2D eigenvalue weighted by molar-refractivity contribution is 4.65. The van der Waals surface area contributed by atoms with Crippen LogP contribution in [0.3, 0.4) is 0 Å². The molecule has 1 aliphatic rings. The van der Waals surface area contributed by atoms with Crippen LogP contribution in [0.25, 0.3) is 0 Å². The van der Waals surface area contributed by atoms with E-state index >= 15 is 0 Å². The average molecular weight is 145 g/mol. The molecule has 0 atom stereocenters. The molecular formula is C7H15NO2. The summed E-state index contributed by atoms with van der Waals surface area (Å²) in [6.45, 7) is 3.09. The van der Waals surface area contributed by atoms with Crippen molar-refractivity contribution in [2.45, 2.75) is 25.6 Å². The molecule has 1 fully saturated rings. The first-order valence-electron chi connectivity index (χ1n) is 3.87. The zero-order valence-electron chi connectivity index (χ0n) is 6.16. The maximum Gasteiger partial charge on any atom is 0.152 e. The Morgan fingerprint density at radius 2 is 1.80 bits per heavy atom. The molecule has 0 aromatic carbocycles. The third kappa shape index (κ3) is 2.64. The highest BCUT2D eigenvalue weighted by atomic mass is 16.5. The summed E-state index contributed by atoms with van der Waals surface area (Å²) in [7, 11) is 0. The zero-order chi connectivity index (χ0) is 7.40. The van der Waals surface area contributed by atoms with E-state index in [0.29, 0.717) is 6.42 Å². The van der Waals surface area contributed by atoms with Crippen LogP contribution in [0.2, 0.25) is 0 Å². The Morgan fingerprint density at radius 3 is 2.30 bits per heavy atom. The largest absolute Gasteiger partial charge is 0.368 e. The van der Waals surface area contributed by atoms with Crippen LogP contribution in [0.4, 0.5) is 0 Å². The molecule has 1 heterocycles. The lowest BCUT2D eigenvalue weighted by Crippen LogP contribution is -2.23. The topological polar surface area (TPSA) is 43.7 Å². The SMILES string of the molecule is OC(O)CCN1CCCC1. The van der Waals surface area contributed by atoms with E-state index in [1.165, 1.54) is 12.8 Å². The van der Waals surface area contributed by atoms with Crippen LogP contribution in [0, 0.1) is 0 Å². The summed E-state index contributed by atoms with van der Waals surface area (Å²) < 4.78 is 0. The monoisotopic (exact) mass is 145 g/mol. The van der Waals surface area contributed by atoms with E-state index in [2.05, 4.69) is 4.90 Å². The van der Waals surface area contributed by atoms with Gasteiger partial charge in [0.15, 0.2) is 6.29 Å². The maximum absolute atomic E-state index is 8.54. The summed E-state index contributed by atoms with van der Waals surface area (Å²) in [5.74, 6) is 0. The minimum atomic E-state index is -1.12. The van der Waals surface area contributed by atoms with Crippen molar-refractivity contribution in [2.75, 3.05) is 19.6 Å². The summed E-state index contributed by atoms with van der Waals surface area (Å²) in [4.78, 5) is 2.26. The minimum absolute atomic E-state index is 0.486. The van der Waals surface area contributed by atoms with E-state index in [-0.39, 0.29) is 0 Å². The summed E-state index contributed by atoms with van der Waals surface area (Å²) in [6, 6.07) is 0. The Kier molecular flexibility index (Phi) is 3.12. The lowest BCUT2D eigenvalue weighted by atomic mass is 10.4. The third-order valence-electron chi connectivity index (χ3n) is 1.90. The van der Waals surface area contributed by atoms with E-state index in [0.717, 1.165) is 19.6 Å². The van der Waals surface area contributed by atoms with Crippen LogP contribution in [-0.4, -0.2) is 41.0 Å². The first kappa shape index (κ1) is 7.98. The van der Waals surface area contributed by atoms with Gasteiger partial charge in [-0.25, -0.2) is 0 Å². The second kappa shape index (κ2) is 3.91. The maximum atomic E-state index is 8.54. The standard InChI is InChI=1S/C7H15NO2/c9-7(10)3-6-8-4-1-2-5-8/h7,9-10H,1-6H2. The van der Waals surface area contributed by atoms with E-state index in [9.17, 15) is 0 Å². The predicted molar refractivity (Wildman–Crippen MR) is 38.5 cm³/mol. The first-order chi connectivity index (χ1) is 4.79. The number of likely N-dealkylation sites (tertiary alicyclic amines) is 1. The smallest absolute Gasteiger partial charge is 0.152 e. The highest BCUT2D eigenvalue weighted by Crippen LogP contribution is 2.07. The Labute approximate surface area is 61.3 Å². The molecule has 1 rings (SSSR count). The molecule has 0 amide bonds. The van der Waals surface area contributed by atoms with Gasteiger partial charge in [-0.3, -0.25) is 0 Å². The zero-order valence-corrected chi connectivity index (χ0v) is 6.16. The lowest BCUT2D eigenvalue weighted by molar-refractivity contribution is -0.0493. The molecule has 0 spiro atoms. The Balaban J connectivity index is 2.01. The molecule has 60 valence electrons. The number of rotatable bonds is 3. The Hall–Kier alpha value is -0.120. The van der Waals surface area contributed by atoms with Crippen LogP contribution in [0.5, 0.6) is 0 Å². The van der Waals surface area contributed by atoms with Gasteiger partial charge in [-0.15, -0.1) is 0 Å². The molecule has 10 heavy (non-hydrogen) atoms. The number of hydrogen-bond donors (Lipinski definition) is 2. The van der Waals surface area contributed by atoms with Gasteiger partial charge in [0.25, 0.3) is 0 Å². The van der Waals surface area contributed by atoms with E-state index < -0.39 is 6.29 Å². The van der Waals surface area contributed by atoms with Crippen LogP contribution >= 0.6 is 0 Å². The fourth-order valence-corrected chi connectivity index (χ4v) is 1.30. The van der Waals surface area contributed by atoms with Crippen molar-refractivity contribution < 1.29 is 10.2 Å². The number of aliphatic hydroxyl groups is 2. The van der Waals surface area contributed by atoms with Crippen LogP contribution in [0.1, 0.15) is 19.3 Å². The predicted octanol–water partition coefficient (Wildman–Crippen LogP) is -0.217. The molecule has 3 nitrogen and oxygen atoms in total. The minimum Gasteiger partial charge on any atom is -0.368 e.